The average Bonchev–Trinajstić information content (AvgIpc) is 2.47. The number of hydrogen-bond donors (Lipinski definition) is 2. The average molecular weight is 269 g/mol. The van der Waals surface area contributed by atoms with E-state index < -0.39 is 5.92 Å². The fourth-order valence-corrected chi connectivity index (χ4v) is 2.39. The molecule has 1 aliphatic heterocycles. The van der Waals surface area contributed by atoms with E-state index in [0.717, 1.165) is 17.2 Å². The molecule has 0 radical (unpaired) electrons. The molecule has 2 heterocycles. The highest BCUT2D eigenvalue weighted by atomic mass is 16.2. The van der Waals surface area contributed by atoms with E-state index in [0.29, 0.717) is 18.8 Å². The summed E-state index contributed by atoms with van der Waals surface area (Å²) in [6, 6.07) is 9.60. The fourth-order valence-electron chi connectivity index (χ4n) is 2.39. The van der Waals surface area contributed by atoms with Crippen LogP contribution in [-0.4, -0.2) is 23.3 Å². The molecule has 1 fully saturated rings. The van der Waals surface area contributed by atoms with Crippen LogP contribution in [0.2, 0.25) is 0 Å². The van der Waals surface area contributed by atoms with Crippen molar-refractivity contribution in [1.29, 1.82) is 0 Å². The predicted octanol–water partition coefficient (Wildman–Crippen LogP) is 1.70. The van der Waals surface area contributed by atoms with Gasteiger partial charge in [-0.3, -0.25) is 9.59 Å². The van der Waals surface area contributed by atoms with Gasteiger partial charge in [-0.1, -0.05) is 24.3 Å². The zero-order chi connectivity index (χ0) is 13.9. The lowest BCUT2D eigenvalue weighted by atomic mass is 9.98. The first-order valence-corrected chi connectivity index (χ1v) is 6.67. The molecule has 5 heteroatoms. The van der Waals surface area contributed by atoms with Crippen molar-refractivity contribution in [2.75, 3.05) is 11.9 Å². The van der Waals surface area contributed by atoms with E-state index in [-0.39, 0.29) is 11.8 Å². The topological polar surface area (TPSA) is 71.1 Å². The molecular formula is C15H15N3O2. The number of amides is 2. The molecule has 0 spiro atoms. The minimum atomic E-state index is -0.614. The number of anilines is 1. The maximum Gasteiger partial charge on any atom is 0.238 e. The molecule has 1 saturated heterocycles. The highest BCUT2D eigenvalue weighted by Gasteiger charge is 2.29. The first-order valence-electron chi connectivity index (χ1n) is 6.67. The van der Waals surface area contributed by atoms with E-state index in [2.05, 4.69) is 15.6 Å². The number of pyridine rings is 1. The van der Waals surface area contributed by atoms with Crippen LogP contribution in [0.5, 0.6) is 0 Å². The molecule has 1 aromatic carbocycles. The summed E-state index contributed by atoms with van der Waals surface area (Å²) in [7, 11) is 0. The minimum Gasteiger partial charge on any atom is -0.355 e. The van der Waals surface area contributed by atoms with Gasteiger partial charge < -0.3 is 10.6 Å². The Morgan fingerprint density at radius 2 is 2.10 bits per heavy atom. The second kappa shape index (κ2) is 5.28. The predicted molar refractivity (Wildman–Crippen MR) is 76.1 cm³/mol. The molecule has 0 bridgehead atoms. The molecule has 0 aliphatic carbocycles. The Bertz CT molecular complexity index is 669. The van der Waals surface area contributed by atoms with Crippen molar-refractivity contribution in [3.05, 3.63) is 36.5 Å². The van der Waals surface area contributed by atoms with Crippen molar-refractivity contribution < 1.29 is 9.59 Å². The maximum atomic E-state index is 12.1. The van der Waals surface area contributed by atoms with Crippen LogP contribution in [-0.2, 0) is 9.59 Å². The number of rotatable bonds is 2. The molecule has 2 amide bonds. The van der Waals surface area contributed by atoms with E-state index in [1.807, 2.05) is 30.3 Å². The summed E-state index contributed by atoms with van der Waals surface area (Å²) in [4.78, 5) is 28.0. The van der Waals surface area contributed by atoms with Gasteiger partial charge in [0.15, 0.2) is 0 Å². The minimum absolute atomic E-state index is 0.200. The monoisotopic (exact) mass is 269 g/mol. The zero-order valence-corrected chi connectivity index (χ0v) is 10.9. The number of aromatic nitrogens is 1. The molecule has 5 nitrogen and oxygen atoms in total. The molecule has 102 valence electrons. The Kier molecular flexibility index (Phi) is 3.33. The Morgan fingerprint density at radius 3 is 2.90 bits per heavy atom. The number of nitrogens with zero attached hydrogens (tertiary/aromatic N) is 1. The third-order valence-electron chi connectivity index (χ3n) is 3.48. The van der Waals surface area contributed by atoms with Gasteiger partial charge in [-0.05, 0) is 24.3 Å². The Hall–Kier alpha value is -2.43. The van der Waals surface area contributed by atoms with Gasteiger partial charge >= 0.3 is 0 Å². The summed E-state index contributed by atoms with van der Waals surface area (Å²) in [5.74, 6) is -0.622. The molecule has 20 heavy (non-hydrogen) atoms. The normalized spacial score (nSPS) is 18.6. The quantitative estimate of drug-likeness (QED) is 0.815. The lowest BCUT2D eigenvalue weighted by Crippen LogP contribution is -2.42. The number of carbonyl (C=O) groups is 2. The van der Waals surface area contributed by atoms with Crippen molar-refractivity contribution in [3.63, 3.8) is 0 Å². The molecule has 1 unspecified atom stereocenters. The maximum absolute atomic E-state index is 12.1. The summed E-state index contributed by atoms with van der Waals surface area (Å²) in [6.45, 7) is 0.650. The van der Waals surface area contributed by atoms with E-state index in [1.54, 1.807) is 6.20 Å². The van der Waals surface area contributed by atoms with E-state index in [9.17, 15) is 9.59 Å². The smallest absolute Gasteiger partial charge is 0.238 e. The van der Waals surface area contributed by atoms with Crippen LogP contribution in [0.4, 0.5) is 5.82 Å². The van der Waals surface area contributed by atoms with Crippen molar-refractivity contribution in [1.82, 2.24) is 10.3 Å². The summed E-state index contributed by atoms with van der Waals surface area (Å²) in [5, 5.41) is 7.45. The van der Waals surface area contributed by atoms with Gasteiger partial charge in [0, 0.05) is 18.1 Å². The van der Waals surface area contributed by atoms with Gasteiger partial charge in [0.05, 0.1) is 0 Å². The van der Waals surface area contributed by atoms with E-state index in [4.69, 9.17) is 0 Å². The van der Waals surface area contributed by atoms with Crippen molar-refractivity contribution >= 4 is 28.4 Å². The molecule has 1 aliphatic rings. The molecule has 0 saturated carbocycles. The van der Waals surface area contributed by atoms with Gasteiger partial charge in [-0.25, -0.2) is 4.98 Å². The number of benzene rings is 1. The first-order chi connectivity index (χ1) is 9.74. The SMILES string of the molecule is O=C1NCCCC1C(=O)Nc1cc2ccccc2cn1. The number of piperidine rings is 1. The number of fused-ring (bicyclic) bond motifs is 1. The van der Waals surface area contributed by atoms with Crippen LogP contribution < -0.4 is 10.6 Å². The van der Waals surface area contributed by atoms with Crippen LogP contribution in [0.3, 0.4) is 0 Å². The standard InChI is InChI=1S/C15H15N3O2/c19-14-12(6-3-7-16-14)15(20)18-13-8-10-4-1-2-5-11(10)9-17-13/h1-2,4-5,8-9,12H,3,6-7H2,(H,16,19)(H,17,18,20). The van der Waals surface area contributed by atoms with Crippen LogP contribution in [0.1, 0.15) is 12.8 Å². The highest BCUT2D eigenvalue weighted by molar-refractivity contribution is 6.06. The highest BCUT2D eigenvalue weighted by Crippen LogP contribution is 2.18. The van der Waals surface area contributed by atoms with Crippen LogP contribution in [0, 0.1) is 5.92 Å². The Morgan fingerprint density at radius 1 is 1.30 bits per heavy atom. The van der Waals surface area contributed by atoms with Crippen molar-refractivity contribution in [3.8, 4) is 0 Å². The van der Waals surface area contributed by atoms with Gasteiger partial charge in [0.2, 0.25) is 11.8 Å². The van der Waals surface area contributed by atoms with Gasteiger partial charge in [-0.15, -0.1) is 0 Å². The lowest BCUT2D eigenvalue weighted by Gasteiger charge is -2.20. The molecule has 1 aromatic heterocycles. The Balaban J connectivity index is 1.78. The number of carbonyl (C=O) groups excluding carboxylic acids is 2. The van der Waals surface area contributed by atoms with Gasteiger partial charge in [0.25, 0.3) is 0 Å². The Labute approximate surface area is 116 Å². The summed E-state index contributed by atoms with van der Waals surface area (Å²) < 4.78 is 0. The number of nitrogens with one attached hydrogen (secondary N) is 2. The van der Waals surface area contributed by atoms with Crippen molar-refractivity contribution in [2.45, 2.75) is 12.8 Å². The summed E-state index contributed by atoms with van der Waals surface area (Å²) in [5.41, 5.74) is 0. The third-order valence-corrected chi connectivity index (χ3v) is 3.48. The van der Waals surface area contributed by atoms with Gasteiger partial charge in [0.1, 0.15) is 11.7 Å². The second-order valence-corrected chi connectivity index (χ2v) is 4.89. The third kappa shape index (κ3) is 2.47. The molecular weight excluding hydrogens is 254 g/mol. The molecule has 2 N–H and O–H groups in total. The number of hydrogen-bond acceptors (Lipinski definition) is 3. The molecule has 3 rings (SSSR count). The van der Waals surface area contributed by atoms with Crippen LogP contribution in [0.15, 0.2) is 36.5 Å². The lowest BCUT2D eigenvalue weighted by molar-refractivity contribution is -0.134. The largest absolute Gasteiger partial charge is 0.355 e. The van der Waals surface area contributed by atoms with E-state index >= 15 is 0 Å². The summed E-state index contributed by atoms with van der Waals surface area (Å²) >= 11 is 0. The van der Waals surface area contributed by atoms with E-state index in [1.165, 1.54) is 0 Å². The zero-order valence-electron chi connectivity index (χ0n) is 10.9. The second-order valence-electron chi connectivity index (χ2n) is 4.89. The van der Waals surface area contributed by atoms with Gasteiger partial charge in [-0.2, -0.15) is 0 Å². The summed E-state index contributed by atoms with van der Waals surface area (Å²) in [6.07, 6.45) is 3.13. The fraction of sp³-hybridized carbons (Fsp3) is 0.267. The molecule has 1 atom stereocenters. The first kappa shape index (κ1) is 12.6. The van der Waals surface area contributed by atoms with Crippen LogP contribution >= 0.6 is 0 Å². The molecule has 2 aromatic rings. The van der Waals surface area contributed by atoms with Crippen LogP contribution in [0.25, 0.3) is 10.8 Å². The van der Waals surface area contributed by atoms with Crippen molar-refractivity contribution in [2.24, 2.45) is 5.92 Å².